The zero-order valence-electron chi connectivity index (χ0n) is 11.3. The highest BCUT2D eigenvalue weighted by Crippen LogP contribution is 2.29. The van der Waals surface area contributed by atoms with Crippen molar-refractivity contribution < 1.29 is 4.79 Å². The van der Waals surface area contributed by atoms with Crippen LogP contribution < -0.4 is 5.73 Å². The number of nitrogens with two attached hydrogens (primary N) is 1. The van der Waals surface area contributed by atoms with Gasteiger partial charge in [0, 0.05) is 23.8 Å². The van der Waals surface area contributed by atoms with Crippen LogP contribution in [0, 0.1) is 0 Å². The molecule has 1 saturated carbocycles. The highest BCUT2D eigenvalue weighted by atomic mass is 16.2. The lowest BCUT2D eigenvalue weighted by atomic mass is 10.1. The minimum atomic E-state index is 0.116. The van der Waals surface area contributed by atoms with Crippen molar-refractivity contribution in [3.63, 3.8) is 0 Å². The summed E-state index contributed by atoms with van der Waals surface area (Å²) in [5.41, 5.74) is 8.33. The van der Waals surface area contributed by atoms with E-state index in [4.69, 9.17) is 5.73 Å². The summed E-state index contributed by atoms with van der Waals surface area (Å²) in [7, 11) is 0. The summed E-state index contributed by atoms with van der Waals surface area (Å²) in [5, 5.41) is 0. The van der Waals surface area contributed by atoms with Crippen molar-refractivity contribution in [3.8, 4) is 0 Å². The van der Waals surface area contributed by atoms with Crippen molar-refractivity contribution in [2.24, 2.45) is 0 Å². The highest BCUT2D eigenvalue weighted by molar-refractivity contribution is 5.94. The van der Waals surface area contributed by atoms with Crippen LogP contribution in [0.5, 0.6) is 0 Å². The van der Waals surface area contributed by atoms with Crippen molar-refractivity contribution in [3.05, 3.63) is 65.7 Å². The van der Waals surface area contributed by atoms with E-state index in [1.165, 1.54) is 0 Å². The molecule has 20 heavy (non-hydrogen) atoms. The monoisotopic (exact) mass is 266 g/mol. The van der Waals surface area contributed by atoms with Gasteiger partial charge in [-0.05, 0) is 42.7 Å². The van der Waals surface area contributed by atoms with Crippen molar-refractivity contribution in [2.45, 2.75) is 25.4 Å². The number of amides is 1. The summed E-state index contributed by atoms with van der Waals surface area (Å²) in [6.45, 7) is 0.651. The second-order valence-corrected chi connectivity index (χ2v) is 5.27. The maximum Gasteiger partial charge on any atom is 0.254 e. The first-order chi connectivity index (χ1) is 9.74. The molecule has 0 aromatic heterocycles. The van der Waals surface area contributed by atoms with Gasteiger partial charge < -0.3 is 10.6 Å². The molecule has 3 heteroatoms. The predicted molar refractivity (Wildman–Crippen MR) is 80.2 cm³/mol. The Balaban J connectivity index is 1.79. The minimum absolute atomic E-state index is 0.116. The molecule has 2 aromatic carbocycles. The first kappa shape index (κ1) is 12.7. The maximum atomic E-state index is 12.6. The normalized spacial score (nSPS) is 14.0. The fraction of sp³-hybridized carbons (Fsp3) is 0.235. The molecule has 0 atom stereocenters. The number of hydrogen-bond acceptors (Lipinski definition) is 2. The summed E-state index contributed by atoms with van der Waals surface area (Å²) < 4.78 is 0. The molecule has 1 amide bonds. The number of hydrogen-bond donors (Lipinski definition) is 1. The number of carbonyl (C=O) groups is 1. The number of nitrogen functional groups attached to an aromatic ring is 1. The Hall–Kier alpha value is -2.29. The van der Waals surface area contributed by atoms with Crippen molar-refractivity contribution in [2.75, 3.05) is 5.73 Å². The molecule has 1 aliphatic carbocycles. The van der Waals surface area contributed by atoms with Gasteiger partial charge in [0.1, 0.15) is 0 Å². The zero-order valence-corrected chi connectivity index (χ0v) is 11.3. The molecule has 3 rings (SSSR count). The van der Waals surface area contributed by atoms with E-state index >= 15 is 0 Å². The molecular formula is C17H18N2O. The van der Waals surface area contributed by atoms with E-state index < -0.39 is 0 Å². The lowest BCUT2D eigenvalue weighted by Gasteiger charge is -2.22. The molecule has 0 bridgehead atoms. The van der Waals surface area contributed by atoms with E-state index in [-0.39, 0.29) is 5.91 Å². The van der Waals surface area contributed by atoms with Crippen LogP contribution in [0.4, 0.5) is 5.69 Å². The van der Waals surface area contributed by atoms with Gasteiger partial charge in [0.2, 0.25) is 0 Å². The van der Waals surface area contributed by atoms with Crippen LogP contribution in [0.3, 0.4) is 0 Å². The lowest BCUT2D eigenvalue weighted by Crippen LogP contribution is -2.32. The fourth-order valence-corrected chi connectivity index (χ4v) is 2.32. The third kappa shape index (κ3) is 2.82. The molecule has 102 valence electrons. The molecule has 0 aliphatic heterocycles. The number of anilines is 1. The van der Waals surface area contributed by atoms with Gasteiger partial charge in [0.25, 0.3) is 5.91 Å². The molecule has 0 spiro atoms. The van der Waals surface area contributed by atoms with E-state index in [2.05, 4.69) is 0 Å². The van der Waals surface area contributed by atoms with Crippen LogP contribution in [0.1, 0.15) is 28.8 Å². The third-order valence-electron chi connectivity index (χ3n) is 3.60. The molecule has 0 saturated heterocycles. The quantitative estimate of drug-likeness (QED) is 0.864. The van der Waals surface area contributed by atoms with E-state index in [0.717, 1.165) is 29.7 Å². The van der Waals surface area contributed by atoms with Gasteiger partial charge in [-0.3, -0.25) is 4.79 Å². The van der Waals surface area contributed by atoms with E-state index in [0.29, 0.717) is 12.6 Å². The van der Waals surface area contributed by atoms with E-state index in [9.17, 15) is 4.79 Å². The van der Waals surface area contributed by atoms with Gasteiger partial charge in [0.05, 0.1) is 0 Å². The van der Waals surface area contributed by atoms with Crippen LogP contribution in [-0.2, 0) is 6.54 Å². The Bertz CT molecular complexity index is 588. The maximum absolute atomic E-state index is 12.6. The Labute approximate surface area is 119 Å². The first-order valence-electron chi connectivity index (χ1n) is 6.94. The average Bonchev–Trinajstić information content (AvgIpc) is 3.31. The van der Waals surface area contributed by atoms with Gasteiger partial charge in [-0.15, -0.1) is 0 Å². The van der Waals surface area contributed by atoms with Crippen molar-refractivity contribution in [1.29, 1.82) is 0 Å². The Kier molecular flexibility index (Phi) is 3.42. The van der Waals surface area contributed by atoms with Crippen LogP contribution in [0.2, 0.25) is 0 Å². The molecule has 0 heterocycles. The lowest BCUT2D eigenvalue weighted by molar-refractivity contribution is 0.0730. The van der Waals surface area contributed by atoms with Gasteiger partial charge in [-0.1, -0.05) is 30.3 Å². The standard InChI is InChI=1S/C17H18N2O/c18-15-8-6-13(7-9-15)12-19(16-10-11-16)17(20)14-4-2-1-3-5-14/h1-9,16H,10-12,18H2. The number of nitrogens with zero attached hydrogens (tertiary/aromatic N) is 1. The Morgan fingerprint density at radius 2 is 1.70 bits per heavy atom. The number of benzene rings is 2. The largest absolute Gasteiger partial charge is 0.399 e. The number of carbonyl (C=O) groups excluding carboxylic acids is 1. The fourth-order valence-electron chi connectivity index (χ4n) is 2.32. The van der Waals surface area contributed by atoms with Gasteiger partial charge in [-0.2, -0.15) is 0 Å². The van der Waals surface area contributed by atoms with Gasteiger partial charge >= 0.3 is 0 Å². The second-order valence-electron chi connectivity index (χ2n) is 5.27. The van der Waals surface area contributed by atoms with Crippen LogP contribution >= 0.6 is 0 Å². The first-order valence-corrected chi connectivity index (χ1v) is 6.94. The van der Waals surface area contributed by atoms with Crippen LogP contribution in [0.15, 0.2) is 54.6 Å². The highest BCUT2D eigenvalue weighted by Gasteiger charge is 2.32. The summed E-state index contributed by atoms with van der Waals surface area (Å²) in [4.78, 5) is 14.6. The van der Waals surface area contributed by atoms with Gasteiger partial charge in [-0.25, -0.2) is 0 Å². The van der Waals surface area contributed by atoms with Crippen molar-refractivity contribution in [1.82, 2.24) is 4.90 Å². The van der Waals surface area contributed by atoms with E-state index in [1.807, 2.05) is 59.5 Å². The smallest absolute Gasteiger partial charge is 0.254 e. The van der Waals surface area contributed by atoms with Crippen LogP contribution in [0.25, 0.3) is 0 Å². The SMILES string of the molecule is Nc1ccc(CN(C(=O)c2ccccc2)C2CC2)cc1. The molecule has 2 aromatic rings. The van der Waals surface area contributed by atoms with Gasteiger partial charge in [0.15, 0.2) is 0 Å². The molecule has 0 radical (unpaired) electrons. The topological polar surface area (TPSA) is 46.3 Å². The molecule has 1 fully saturated rings. The summed E-state index contributed by atoms with van der Waals surface area (Å²) >= 11 is 0. The zero-order chi connectivity index (χ0) is 13.9. The van der Waals surface area contributed by atoms with E-state index in [1.54, 1.807) is 0 Å². The average molecular weight is 266 g/mol. The molecule has 0 unspecified atom stereocenters. The molecule has 1 aliphatic rings. The van der Waals surface area contributed by atoms with Crippen molar-refractivity contribution >= 4 is 11.6 Å². The Morgan fingerprint density at radius 1 is 1.05 bits per heavy atom. The second kappa shape index (κ2) is 5.37. The predicted octanol–water partition coefficient (Wildman–Crippen LogP) is 3.07. The summed E-state index contributed by atoms with van der Waals surface area (Å²) in [6.07, 6.45) is 2.21. The minimum Gasteiger partial charge on any atom is -0.399 e. The molecule has 2 N–H and O–H groups in total. The summed E-state index contributed by atoms with van der Waals surface area (Å²) in [5.74, 6) is 0.116. The Morgan fingerprint density at radius 3 is 2.30 bits per heavy atom. The molecule has 3 nitrogen and oxygen atoms in total. The van der Waals surface area contributed by atoms with Crippen LogP contribution in [-0.4, -0.2) is 16.8 Å². The summed E-state index contributed by atoms with van der Waals surface area (Å²) in [6, 6.07) is 17.6. The third-order valence-corrected chi connectivity index (χ3v) is 3.60. The molecular weight excluding hydrogens is 248 g/mol. The number of rotatable bonds is 4.